The van der Waals surface area contributed by atoms with Crippen molar-refractivity contribution in [3.63, 3.8) is 0 Å². The first-order valence-corrected chi connectivity index (χ1v) is 8.96. The van der Waals surface area contributed by atoms with Gasteiger partial charge in [0, 0.05) is 17.6 Å². The number of hydrogen-bond acceptors (Lipinski definition) is 2. The third-order valence-electron chi connectivity index (χ3n) is 3.30. The van der Waals surface area contributed by atoms with Crippen LogP contribution in [0.5, 0.6) is 0 Å². The lowest BCUT2D eigenvalue weighted by molar-refractivity contribution is 0.288. The second-order valence-corrected chi connectivity index (χ2v) is 8.39. The second kappa shape index (κ2) is 5.90. The largest absolute Gasteiger partial charge is 0.246 e. The summed E-state index contributed by atoms with van der Waals surface area (Å²) < 4.78 is 27.3. The summed E-state index contributed by atoms with van der Waals surface area (Å²) in [6.45, 7) is 3.17. The van der Waals surface area contributed by atoms with Crippen molar-refractivity contribution in [2.24, 2.45) is 5.92 Å². The number of hydrogen-bond donors (Lipinski definition) is 0. The normalized spacial score (nSPS) is 18.7. The van der Waals surface area contributed by atoms with E-state index in [2.05, 4.69) is 22.9 Å². The molecule has 0 aliphatic carbocycles. The third kappa shape index (κ3) is 3.27. The van der Waals surface area contributed by atoms with Gasteiger partial charge < -0.3 is 0 Å². The first-order valence-electron chi connectivity index (χ1n) is 5.97. The summed E-state index contributed by atoms with van der Waals surface area (Å²) in [7, 11) is -3.61. The summed E-state index contributed by atoms with van der Waals surface area (Å²) in [4.78, 5) is 0.00795. The minimum Gasteiger partial charge on any atom is -0.207 e. The highest BCUT2D eigenvalue weighted by molar-refractivity contribution is 9.10. The van der Waals surface area contributed by atoms with Crippen LogP contribution in [0.2, 0.25) is 10.0 Å². The molecule has 19 heavy (non-hydrogen) atoms. The lowest BCUT2D eigenvalue weighted by atomic mass is 10.0. The van der Waals surface area contributed by atoms with Crippen molar-refractivity contribution in [1.82, 2.24) is 4.31 Å². The van der Waals surface area contributed by atoms with E-state index >= 15 is 0 Å². The molecule has 1 heterocycles. The topological polar surface area (TPSA) is 37.4 Å². The molecular formula is C12H14BrCl2NO2S. The highest BCUT2D eigenvalue weighted by atomic mass is 79.9. The van der Waals surface area contributed by atoms with Crippen LogP contribution in [0.15, 0.2) is 21.5 Å². The molecular weight excluding hydrogens is 373 g/mol. The SMILES string of the molecule is CC1CCN(S(=O)(=O)c2c(Cl)cc(Br)cc2Cl)CC1. The summed E-state index contributed by atoms with van der Waals surface area (Å²) >= 11 is 15.3. The monoisotopic (exact) mass is 385 g/mol. The van der Waals surface area contributed by atoms with Crippen LogP contribution in [-0.2, 0) is 10.0 Å². The van der Waals surface area contributed by atoms with Crippen LogP contribution in [0.3, 0.4) is 0 Å². The fourth-order valence-electron chi connectivity index (χ4n) is 2.13. The maximum atomic E-state index is 12.6. The van der Waals surface area contributed by atoms with Gasteiger partial charge in [0.2, 0.25) is 10.0 Å². The van der Waals surface area contributed by atoms with Gasteiger partial charge >= 0.3 is 0 Å². The summed E-state index contributed by atoms with van der Waals surface area (Å²) in [6, 6.07) is 3.10. The van der Waals surface area contributed by atoms with Gasteiger partial charge in [-0.2, -0.15) is 4.31 Å². The second-order valence-electron chi connectivity index (χ2n) is 4.79. The smallest absolute Gasteiger partial charge is 0.207 e. The Kier molecular flexibility index (Phi) is 4.83. The first kappa shape index (κ1) is 15.6. The van der Waals surface area contributed by atoms with Crippen molar-refractivity contribution in [1.29, 1.82) is 0 Å². The van der Waals surface area contributed by atoms with Crippen molar-refractivity contribution >= 4 is 49.2 Å². The maximum absolute atomic E-state index is 12.6. The molecule has 106 valence electrons. The van der Waals surface area contributed by atoms with E-state index in [0.29, 0.717) is 23.5 Å². The van der Waals surface area contributed by atoms with Gasteiger partial charge in [0.05, 0.1) is 10.0 Å². The van der Waals surface area contributed by atoms with Gasteiger partial charge in [0.25, 0.3) is 0 Å². The number of sulfonamides is 1. The molecule has 0 unspecified atom stereocenters. The van der Waals surface area contributed by atoms with Gasteiger partial charge in [-0.25, -0.2) is 8.42 Å². The zero-order valence-corrected chi connectivity index (χ0v) is 14.3. The molecule has 0 N–H and O–H groups in total. The number of benzene rings is 1. The number of piperidine rings is 1. The van der Waals surface area contributed by atoms with Crippen molar-refractivity contribution in [3.8, 4) is 0 Å². The maximum Gasteiger partial charge on any atom is 0.246 e. The van der Waals surface area contributed by atoms with Gasteiger partial charge in [-0.05, 0) is 30.9 Å². The van der Waals surface area contributed by atoms with Crippen molar-refractivity contribution in [2.75, 3.05) is 13.1 Å². The molecule has 1 aliphatic heterocycles. The lowest BCUT2D eigenvalue weighted by Crippen LogP contribution is -2.38. The minimum atomic E-state index is -3.61. The summed E-state index contributed by atoms with van der Waals surface area (Å²) in [6.07, 6.45) is 1.73. The van der Waals surface area contributed by atoms with E-state index in [0.717, 1.165) is 12.8 Å². The predicted octanol–water partition coefficient (Wildman–Crippen LogP) is 4.18. The first-order chi connectivity index (χ1) is 8.82. The molecule has 0 spiro atoms. The molecule has 1 aromatic carbocycles. The van der Waals surface area contributed by atoms with Crippen LogP contribution < -0.4 is 0 Å². The molecule has 0 atom stereocenters. The zero-order chi connectivity index (χ0) is 14.2. The number of rotatable bonds is 2. The molecule has 0 radical (unpaired) electrons. The van der Waals surface area contributed by atoms with E-state index < -0.39 is 10.0 Å². The van der Waals surface area contributed by atoms with E-state index in [-0.39, 0.29) is 14.9 Å². The fourth-order valence-corrected chi connectivity index (χ4v) is 5.48. The fraction of sp³-hybridized carbons (Fsp3) is 0.500. The highest BCUT2D eigenvalue weighted by Gasteiger charge is 2.31. The highest BCUT2D eigenvalue weighted by Crippen LogP contribution is 2.35. The van der Waals surface area contributed by atoms with Crippen molar-refractivity contribution in [3.05, 3.63) is 26.7 Å². The average Bonchev–Trinajstić information content (AvgIpc) is 2.27. The molecule has 2 rings (SSSR count). The van der Waals surface area contributed by atoms with Crippen LogP contribution in [-0.4, -0.2) is 25.8 Å². The molecule has 0 amide bonds. The van der Waals surface area contributed by atoms with Crippen LogP contribution in [0, 0.1) is 5.92 Å². The van der Waals surface area contributed by atoms with Crippen LogP contribution in [0.1, 0.15) is 19.8 Å². The lowest BCUT2D eigenvalue weighted by Gasteiger charge is -2.29. The molecule has 1 saturated heterocycles. The molecule has 1 aliphatic rings. The minimum absolute atomic E-state index is 0.00795. The van der Waals surface area contributed by atoms with E-state index in [1.807, 2.05) is 0 Å². The number of halogens is 3. The Labute approximate surface area is 132 Å². The third-order valence-corrected chi connectivity index (χ3v) is 6.58. The van der Waals surface area contributed by atoms with E-state index in [9.17, 15) is 8.42 Å². The van der Waals surface area contributed by atoms with Gasteiger partial charge in [-0.15, -0.1) is 0 Å². The van der Waals surface area contributed by atoms with Crippen molar-refractivity contribution < 1.29 is 8.42 Å². The summed E-state index contributed by atoms with van der Waals surface area (Å²) in [5.74, 6) is 0.558. The van der Waals surface area contributed by atoms with E-state index in [1.54, 1.807) is 12.1 Å². The van der Waals surface area contributed by atoms with Gasteiger partial charge in [-0.3, -0.25) is 0 Å². The Morgan fingerprint density at radius 3 is 2.16 bits per heavy atom. The standard InChI is InChI=1S/C12H14BrCl2NO2S/c1-8-2-4-16(5-3-8)19(17,18)12-10(14)6-9(13)7-11(12)15/h6-8H,2-5H2,1H3. The predicted molar refractivity (Wildman–Crippen MR) is 81.3 cm³/mol. The van der Waals surface area contributed by atoms with Crippen molar-refractivity contribution in [2.45, 2.75) is 24.7 Å². The quantitative estimate of drug-likeness (QED) is 0.764. The van der Waals surface area contributed by atoms with Gasteiger partial charge in [0.15, 0.2) is 0 Å². The molecule has 1 fully saturated rings. The molecule has 0 saturated carbocycles. The summed E-state index contributed by atoms with van der Waals surface area (Å²) in [5.41, 5.74) is 0. The van der Waals surface area contributed by atoms with E-state index in [4.69, 9.17) is 23.2 Å². The van der Waals surface area contributed by atoms with Crippen LogP contribution in [0.25, 0.3) is 0 Å². The van der Waals surface area contributed by atoms with Crippen LogP contribution >= 0.6 is 39.1 Å². The Morgan fingerprint density at radius 2 is 1.68 bits per heavy atom. The zero-order valence-electron chi connectivity index (χ0n) is 10.4. The Bertz CT molecular complexity index is 560. The Hall–Kier alpha value is 0.190. The van der Waals surface area contributed by atoms with Crippen LogP contribution in [0.4, 0.5) is 0 Å². The van der Waals surface area contributed by atoms with Gasteiger partial charge in [-0.1, -0.05) is 46.1 Å². The Morgan fingerprint density at radius 1 is 1.21 bits per heavy atom. The van der Waals surface area contributed by atoms with Gasteiger partial charge in [0.1, 0.15) is 4.90 Å². The number of nitrogens with zero attached hydrogens (tertiary/aromatic N) is 1. The van der Waals surface area contributed by atoms with E-state index in [1.165, 1.54) is 4.31 Å². The summed E-state index contributed by atoms with van der Waals surface area (Å²) in [5, 5.41) is 0.302. The Balaban J connectivity index is 2.40. The molecule has 0 aromatic heterocycles. The average molecular weight is 387 g/mol. The molecule has 1 aromatic rings. The molecule has 7 heteroatoms. The molecule has 0 bridgehead atoms. The molecule has 3 nitrogen and oxygen atoms in total.